The first kappa shape index (κ1) is 6.02. The first-order chi connectivity index (χ1) is 3.79. The zero-order valence-electron chi connectivity index (χ0n) is 4.77. The fourth-order valence-corrected chi connectivity index (χ4v) is 1.09. The van der Waals surface area contributed by atoms with Crippen LogP contribution in [0.3, 0.4) is 0 Å². The summed E-state index contributed by atoms with van der Waals surface area (Å²) in [5, 5.41) is 10.5. The lowest BCUT2D eigenvalue weighted by atomic mass is 9.96. The van der Waals surface area contributed by atoms with Crippen LogP contribution in [0.5, 0.6) is 0 Å². The molecule has 0 saturated heterocycles. The molecule has 1 fully saturated rings. The van der Waals surface area contributed by atoms with Crippen LogP contribution in [-0.4, -0.2) is 12.3 Å². The summed E-state index contributed by atoms with van der Waals surface area (Å²) < 4.78 is 12.2. The molecule has 1 aliphatic rings. The van der Waals surface area contributed by atoms with E-state index in [0.29, 0.717) is 12.8 Å². The minimum atomic E-state index is -0.800. The molecule has 0 N–H and O–H groups in total. The Labute approximate surface area is 48.5 Å². The maximum absolute atomic E-state index is 12.2. The third-order valence-corrected chi connectivity index (χ3v) is 1.56. The summed E-state index contributed by atoms with van der Waals surface area (Å²) in [5.41, 5.74) is 0. The minimum Gasteiger partial charge on any atom is -0.247 e. The molecule has 0 spiro atoms. The van der Waals surface area contributed by atoms with Crippen molar-refractivity contribution in [2.24, 2.45) is 0 Å². The molecule has 1 radical (unpaired) electrons. The molecule has 0 bridgehead atoms. The van der Waals surface area contributed by atoms with E-state index in [9.17, 15) is 9.50 Å². The van der Waals surface area contributed by atoms with Gasteiger partial charge in [-0.15, -0.1) is 0 Å². The van der Waals surface area contributed by atoms with Crippen molar-refractivity contribution in [1.29, 1.82) is 0 Å². The van der Waals surface area contributed by atoms with Gasteiger partial charge in [0.25, 0.3) is 0 Å². The molecule has 47 valence electrons. The fraction of sp³-hybridized carbons (Fsp3) is 1.00. The average Bonchev–Trinajstić information content (AvgIpc) is 1.64. The average molecular weight is 117 g/mol. The van der Waals surface area contributed by atoms with Crippen molar-refractivity contribution in [2.45, 2.75) is 38.0 Å². The van der Waals surface area contributed by atoms with Gasteiger partial charge in [0, 0.05) is 6.42 Å². The van der Waals surface area contributed by atoms with Crippen LogP contribution >= 0.6 is 0 Å². The maximum Gasteiger partial charge on any atom is 0.103 e. The molecule has 0 aromatic heterocycles. The molecule has 0 heterocycles. The summed E-state index contributed by atoms with van der Waals surface area (Å²) in [5.74, 6) is 0. The Morgan fingerprint density at radius 3 is 2.50 bits per heavy atom. The van der Waals surface area contributed by atoms with Crippen LogP contribution < -0.4 is 0 Å². The lowest BCUT2D eigenvalue weighted by Gasteiger charge is -2.17. The molecule has 1 nitrogen and oxygen atoms in total. The van der Waals surface area contributed by atoms with Gasteiger partial charge in [-0.05, 0) is 19.3 Å². The van der Waals surface area contributed by atoms with Gasteiger partial charge in [0.1, 0.15) is 6.17 Å². The second-order valence-electron chi connectivity index (χ2n) is 2.39. The highest BCUT2D eigenvalue weighted by Crippen LogP contribution is 2.20. The highest BCUT2D eigenvalue weighted by molar-refractivity contribution is 4.70. The Morgan fingerprint density at radius 2 is 2.12 bits per heavy atom. The highest BCUT2D eigenvalue weighted by Gasteiger charge is 2.19. The van der Waals surface area contributed by atoms with E-state index in [1.54, 1.807) is 0 Å². The Morgan fingerprint density at radius 1 is 1.38 bits per heavy atom. The highest BCUT2D eigenvalue weighted by atomic mass is 19.1. The van der Waals surface area contributed by atoms with Gasteiger partial charge >= 0.3 is 0 Å². The second-order valence-corrected chi connectivity index (χ2v) is 2.39. The van der Waals surface area contributed by atoms with E-state index in [-0.39, 0.29) is 6.42 Å². The molecule has 1 rings (SSSR count). The lowest BCUT2D eigenvalue weighted by Crippen LogP contribution is -2.18. The van der Waals surface area contributed by atoms with Crippen LogP contribution in [0, 0.1) is 0 Å². The van der Waals surface area contributed by atoms with E-state index >= 15 is 0 Å². The molecule has 2 atom stereocenters. The third kappa shape index (κ3) is 1.44. The Bertz CT molecular complexity index is 66.9. The Balaban J connectivity index is 2.23. The SMILES string of the molecule is [O]C1CCCC(F)C1. The minimum absolute atomic E-state index is 0.250. The van der Waals surface area contributed by atoms with Crippen LogP contribution in [0.4, 0.5) is 4.39 Å². The standard InChI is InChI=1S/C6H10FO/c7-5-2-1-3-6(8)4-5/h5-6H,1-4H2. The van der Waals surface area contributed by atoms with Crippen molar-refractivity contribution in [3.63, 3.8) is 0 Å². The molecule has 2 unspecified atom stereocenters. The van der Waals surface area contributed by atoms with E-state index in [0.717, 1.165) is 6.42 Å². The van der Waals surface area contributed by atoms with Crippen LogP contribution in [0.2, 0.25) is 0 Å². The largest absolute Gasteiger partial charge is 0.247 e. The van der Waals surface area contributed by atoms with Crippen molar-refractivity contribution in [3.8, 4) is 0 Å². The number of halogens is 1. The van der Waals surface area contributed by atoms with Gasteiger partial charge in [-0.3, -0.25) is 0 Å². The number of rotatable bonds is 0. The van der Waals surface area contributed by atoms with Crippen LogP contribution in [0.15, 0.2) is 0 Å². The molecule has 8 heavy (non-hydrogen) atoms. The maximum atomic E-state index is 12.2. The number of hydrogen-bond donors (Lipinski definition) is 0. The molecule has 0 aliphatic heterocycles. The van der Waals surface area contributed by atoms with Crippen LogP contribution in [0.25, 0.3) is 0 Å². The lowest BCUT2D eigenvalue weighted by molar-refractivity contribution is 0.0270. The second kappa shape index (κ2) is 2.44. The summed E-state index contributed by atoms with van der Waals surface area (Å²) >= 11 is 0. The molecule has 2 heteroatoms. The van der Waals surface area contributed by atoms with Gasteiger partial charge in [0.05, 0.1) is 6.10 Å². The van der Waals surface area contributed by atoms with Crippen LogP contribution in [0.1, 0.15) is 25.7 Å². The monoisotopic (exact) mass is 117 g/mol. The first-order valence-electron chi connectivity index (χ1n) is 3.09. The Kier molecular flexibility index (Phi) is 1.84. The molecule has 1 aliphatic carbocycles. The topological polar surface area (TPSA) is 19.9 Å². The summed E-state index contributed by atoms with van der Waals surface area (Å²) in [6, 6.07) is 0. The predicted molar refractivity (Wildman–Crippen MR) is 27.8 cm³/mol. The van der Waals surface area contributed by atoms with Gasteiger partial charge in [-0.1, -0.05) is 0 Å². The summed E-state index contributed by atoms with van der Waals surface area (Å²) in [6.45, 7) is 0. The zero-order valence-corrected chi connectivity index (χ0v) is 4.77. The van der Waals surface area contributed by atoms with Crippen molar-refractivity contribution >= 4 is 0 Å². The molecule has 0 aromatic rings. The molecule has 0 amide bonds. The molecular weight excluding hydrogens is 107 g/mol. The fourth-order valence-electron chi connectivity index (χ4n) is 1.09. The summed E-state index contributed by atoms with van der Waals surface area (Å²) in [4.78, 5) is 0. The first-order valence-corrected chi connectivity index (χ1v) is 3.09. The zero-order chi connectivity index (χ0) is 5.98. The van der Waals surface area contributed by atoms with Gasteiger partial charge in [-0.2, -0.15) is 0 Å². The van der Waals surface area contributed by atoms with Gasteiger partial charge in [0.2, 0.25) is 0 Å². The van der Waals surface area contributed by atoms with Gasteiger partial charge < -0.3 is 0 Å². The van der Waals surface area contributed by atoms with Crippen molar-refractivity contribution in [1.82, 2.24) is 0 Å². The van der Waals surface area contributed by atoms with E-state index in [1.165, 1.54) is 0 Å². The van der Waals surface area contributed by atoms with E-state index in [2.05, 4.69) is 0 Å². The van der Waals surface area contributed by atoms with Gasteiger partial charge in [-0.25, -0.2) is 9.50 Å². The Hall–Kier alpha value is -0.110. The normalized spacial score (nSPS) is 39.8. The summed E-state index contributed by atoms with van der Waals surface area (Å²) in [6.07, 6.45) is 0.916. The number of hydrogen-bond acceptors (Lipinski definition) is 0. The van der Waals surface area contributed by atoms with E-state index < -0.39 is 12.3 Å². The van der Waals surface area contributed by atoms with Gasteiger partial charge in [0.15, 0.2) is 0 Å². The van der Waals surface area contributed by atoms with Crippen LogP contribution in [-0.2, 0) is 5.11 Å². The van der Waals surface area contributed by atoms with Crippen molar-refractivity contribution in [3.05, 3.63) is 0 Å². The van der Waals surface area contributed by atoms with E-state index in [4.69, 9.17) is 0 Å². The van der Waals surface area contributed by atoms with Crippen molar-refractivity contribution < 1.29 is 9.50 Å². The predicted octanol–water partition coefficient (Wildman–Crippen LogP) is 1.70. The smallest absolute Gasteiger partial charge is 0.103 e. The van der Waals surface area contributed by atoms with Crippen molar-refractivity contribution in [2.75, 3.05) is 0 Å². The molecular formula is C6H10FO. The molecule has 0 aromatic carbocycles. The number of alkyl halides is 1. The third-order valence-electron chi connectivity index (χ3n) is 1.56. The summed E-state index contributed by atoms with van der Waals surface area (Å²) in [7, 11) is 0. The molecule has 1 saturated carbocycles. The quantitative estimate of drug-likeness (QED) is 0.460. The van der Waals surface area contributed by atoms with E-state index in [1.807, 2.05) is 0 Å².